The predicted molar refractivity (Wildman–Crippen MR) is 141 cm³/mol. The van der Waals surface area contributed by atoms with E-state index in [2.05, 4.69) is 37.1 Å². The van der Waals surface area contributed by atoms with Crippen molar-refractivity contribution in [2.75, 3.05) is 18.5 Å². The van der Waals surface area contributed by atoms with E-state index in [9.17, 15) is 4.79 Å². The number of nitrogens with one attached hydrogen (secondary N) is 2. The lowest BCUT2D eigenvalue weighted by atomic mass is 10.2. The molecule has 10 nitrogen and oxygen atoms in total. The first-order valence-corrected chi connectivity index (χ1v) is 11.6. The number of aryl methyl sites for hydroxylation is 2. The molecule has 1 amide bonds. The van der Waals surface area contributed by atoms with Crippen LogP contribution in [0.3, 0.4) is 0 Å². The van der Waals surface area contributed by atoms with Crippen LogP contribution in [0.1, 0.15) is 5.56 Å². The summed E-state index contributed by atoms with van der Waals surface area (Å²) in [7, 11) is 1.96. The fourth-order valence-electron chi connectivity index (χ4n) is 3.78. The molecule has 186 valence electrons. The molecule has 5 rings (SSSR count). The summed E-state index contributed by atoms with van der Waals surface area (Å²) in [5, 5.41) is 5.97. The van der Waals surface area contributed by atoms with Crippen molar-refractivity contribution in [3.8, 4) is 17.4 Å². The minimum atomic E-state index is -0.254. The van der Waals surface area contributed by atoms with Gasteiger partial charge in [-0.1, -0.05) is 6.58 Å². The third kappa shape index (κ3) is 5.32. The van der Waals surface area contributed by atoms with Crippen LogP contribution in [0.4, 0.5) is 11.5 Å². The zero-order valence-electron chi connectivity index (χ0n) is 20.4. The second-order valence-electron chi connectivity index (χ2n) is 8.30. The van der Waals surface area contributed by atoms with E-state index in [1.165, 1.54) is 12.4 Å². The van der Waals surface area contributed by atoms with Gasteiger partial charge in [-0.3, -0.25) is 4.79 Å². The van der Waals surface area contributed by atoms with Crippen molar-refractivity contribution in [2.45, 2.75) is 6.92 Å². The summed E-state index contributed by atoms with van der Waals surface area (Å²) in [5.41, 5.74) is 4.93. The van der Waals surface area contributed by atoms with Crippen LogP contribution in [-0.2, 0) is 11.8 Å². The molecule has 2 aromatic carbocycles. The molecule has 37 heavy (non-hydrogen) atoms. The van der Waals surface area contributed by atoms with Crippen molar-refractivity contribution >= 4 is 39.5 Å². The number of amides is 1. The molecule has 0 aliphatic carbocycles. The van der Waals surface area contributed by atoms with E-state index in [0.717, 1.165) is 33.8 Å². The fourth-order valence-corrected chi connectivity index (χ4v) is 3.78. The molecule has 5 aromatic rings. The van der Waals surface area contributed by atoms with Gasteiger partial charge in [-0.25, -0.2) is 19.9 Å². The molecular formula is C27H25N7O3. The highest BCUT2D eigenvalue weighted by molar-refractivity contribution is 5.87. The van der Waals surface area contributed by atoms with Crippen LogP contribution in [-0.4, -0.2) is 43.6 Å². The van der Waals surface area contributed by atoms with Crippen LogP contribution < -0.4 is 20.1 Å². The van der Waals surface area contributed by atoms with Crippen LogP contribution >= 0.6 is 0 Å². The quantitative estimate of drug-likeness (QED) is 0.228. The van der Waals surface area contributed by atoms with Crippen LogP contribution in [0.25, 0.3) is 22.1 Å². The molecule has 0 atom stereocenters. The Balaban J connectivity index is 1.31. The Kier molecular flexibility index (Phi) is 6.62. The number of hydrogen-bond donors (Lipinski definition) is 2. The third-order valence-electron chi connectivity index (χ3n) is 5.66. The third-order valence-corrected chi connectivity index (χ3v) is 5.66. The van der Waals surface area contributed by atoms with Crippen molar-refractivity contribution in [2.24, 2.45) is 7.05 Å². The number of aromatic nitrogens is 5. The largest absolute Gasteiger partial charge is 0.476 e. The number of nitrogens with zero attached hydrogens (tertiary/aromatic N) is 5. The monoisotopic (exact) mass is 495 g/mol. The summed E-state index contributed by atoms with van der Waals surface area (Å²) in [4.78, 5) is 28.9. The van der Waals surface area contributed by atoms with Gasteiger partial charge >= 0.3 is 0 Å². The average molecular weight is 496 g/mol. The zero-order chi connectivity index (χ0) is 25.8. The molecule has 0 saturated heterocycles. The molecule has 3 heterocycles. The van der Waals surface area contributed by atoms with E-state index >= 15 is 0 Å². The number of benzene rings is 2. The molecular weight excluding hydrogens is 470 g/mol. The van der Waals surface area contributed by atoms with E-state index in [1.54, 1.807) is 12.4 Å². The van der Waals surface area contributed by atoms with Gasteiger partial charge in [0.25, 0.3) is 0 Å². The first kappa shape index (κ1) is 23.7. The summed E-state index contributed by atoms with van der Waals surface area (Å²) in [6.45, 7) is 6.00. The van der Waals surface area contributed by atoms with Crippen molar-refractivity contribution in [3.05, 3.63) is 79.4 Å². The van der Waals surface area contributed by atoms with Gasteiger partial charge in [0.15, 0.2) is 5.82 Å². The number of imidazole rings is 1. The van der Waals surface area contributed by atoms with Gasteiger partial charge in [-0.2, -0.15) is 0 Å². The number of pyridine rings is 1. The molecule has 3 aromatic heterocycles. The molecule has 0 radical (unpaired) electrons. The molecule has 0 aliphatic heterocycles. The minimum absolute atomic E-state index is 0.254. The summed E-state index contributed by atoms with van der Waals surface area (Å²) in [5.74, 6) is 2.16. The lowest BCUT2D eigenvalue weighted by Gasteiger charge is -2.13. The van der Waals surface area contributed by atoms with Crippen molar-refractivity contribution in [3.63, 3.8) is 0 Å². The molecule has 2 N–H and O–H groups in total. The van der Waals surface area contributed by atoms with Crippen molar-refractivity contribution in [1.29, 1.82) is 0 Å². The van der Waals surface area contributed by atoms with Gasteiger partial charge in [0.2, 0.25) is 11.8 Å². The first-order valence-electron chi connectivity index (χ1n) is 11.6. The van der Waals surface area contributed by atoms with Crippen LogP contribution in [0, 0.1) is 6.92 Å². The van der Waals surface area contributed by atoms with Gasteiger partial charge in [0.1, 0.15) is 29.9 Å². The molecule has 0 fully saturated rings. The van der Waals surface area contributed by atoms with Crippen LogP contribution in [0.15, 0.2) is 73.8 Å². The number of hydrogen-bond acceptors (Lipinski definition) is 8. The van der Waals surface area contributed by atoms with Crippen LogP contribution in [0.5, 0.6) is 17.4 Å². The summed E-state index contributed by atoms with van der Waals surface area (Å²) >= 11 is 0. The zero-order valence-corrected chi connectivity index (χ0v) is 20.4. The second kappa shape index (κ2) is 10.3. The van der Waals surface area contributed by atoms with E-state index in [-0.39, 0.29) is 12.5 Å². The summed E-state index contributed by atoms with van der Waals surface area (Å²) < 4.78 is 13.8. The molecule has 0 spiro atoms. The van der Waals surface area contributed by atoms with E-state index in [1.807, 2.05) is 61.0 Å². The SMILES string of the molecule is C=CC(=O)NCCOc1ccc2ncnc(Nc3ccc(Oc4ccc5c(c4)ncn5C)c(C)c3)c2n1. The van der Waals surface area contributed by atoms with Gasteiger partial charge in [-0.15, -0.1) is 0 Å². The highest BCUT2D eigenvalue weighted by Gasteiger charge is 2.10. The number of fused-ring (bicyclic) bond motifs is 2. The Labute approximate surface area is 213 Å². The Morgan fingerprint density at radius 3 is 2.81 bits per heavy atom. The fraction of sp³-hybridized carbons (Fsp3) is 0.148. The molecule has 0 saturated carbocycles. The van der Waals surface area contributed by atoms with Crippen molar-refractivity contribution < 1.29 is 14.3 Å². The Bertz CT molecular complexity index is 1610. The topological polar surface area (TPSA) is 116 Å². The van der Waals surface area contributed by atoms with Crippen LogP contribution in [0.2, 0.25) is 0 Å². The average Bonchev–Trinajstić information content (AvgIpc) is 3.28. The Morgan fingerprint density at radius 1 is 1.08 bits per heavy atom. The maximum absolute atomic E-state index is 11.3. The first-order chi connectivity index (χ1) is 18.0. The van der Waals surface area contributed by atoms with Gasteiger partial charge in [0, 0.05) is 24.9 Å². The second-order valence-corrected chi connectivity index (χ2v) is 8.30. The number of rotatable bonds is 9. The van der Waals surface area contributed by atoms with Gasteiger partial charge in [0.05, 0.1) is 29.4 Å². The van der Waals surface area contributed by atoms with E-state index < -0.39 is 0 Å². The highest BCUT2D eigenvalue weighted by Crippen LogP contribution is 2.31. The molecule has 0 unspecified atom stereocenters. The smallest absolute Gasteiger partial charge is 0.243 e. The van der Waals surface area contributed by atoms with Gasteiger partial charge < -0.3 is 24.7 Å². The maximum Gasteiger partial charge on any atom is 0.243 e. The highest BCUT2D eigenvalue weighted by atomic mass is 16.5. The van der Waals surface area contributed by atoms with E-state index in [0.29, 0.717) is 29.3 Å². The normalized spacial score (nSPS) is 10.9. The number of anilines is 2. The lowest BCUT2D eigenvalue weighted by Crippen LogP contribution is -2.26. The van der Waals surface area contributed by atoms with Gasteiger partial charge in [-0.05, 0) is 55.0 Å². The molecule has 0 aliphatic rings. The Morgan fingerprint density at radius 2 is 1.97 bits per heavy atom. The minimum Gasteiger partial charge on any atom is -0.476 e. The molecule has 0 bridgehead atoms. The van der Waals surface area contributed by atoms with E-state index in [4.69, 9.17) is 9.47 Å². The summed E-state index contributed by atoms with van der Waals surface area (Å²) in [6, 6.07) is 15.2. The molecule has 10 heteroatoms. The Hall–Kier alpha value is -4.99. The van der Waals surface area contributed by atoms with Crippen molar-refractivity contribution in [1.82, 2.24) is 29.8 Å². The summed E-state index contributed by atoms with van der Waals surface area (Å²) in [6.07, 6.45) is 4.48. The number of carbonyl (C=O) groups excluding carboxylic acids is 1. The standard InChI is InChI=1S/C27H25N7O3/c1-4-24(35)28-11-12-36-25-10-7-20-26(33-25)27(30-15-29-20)32-18-5-9-23(17(2)13-18)37-19-6-8-22-21(14-19)31-16-34(22)3/h4-10,13-16H,1,11-12H2,2-3H3,(H,28,35)(H,29,30,32). The predicted octanol–water partition coefficient (Wildman–Crippen LogP) is 4.44. The number of carbonyl (C=O) groups is 1. The lowest BCUT2D eigenvalue weighted by molar-refractivity contribution is -0.116. The number of ether oxygens (including phenoxy) is 2. The maximum atomic E-state index is 11.3.